The summed E-state index contributed by atoms with van der Waals surface area (Å²) in [7, 11) is 0. The molecule has 0 bridgehead atoms. The lowest BCUT2D eigenvalue weighted by molar-refractivity contribution is 0.432. The van der Waals surface area contributed by atoms with Crippen LogP contribution in [-0.4, -0.2) is 0 Å². The molecule has 15 heavy (non-hydrogen) atoms. The van der Waals surface area contributed by atoms with Crippen molar-refractivity contribution in [1.82, 2.24) is 0 Å². The van der Waals surface area contributed by atoms with Gasteiger partial charge in [-0.15, -0.1) is 0 Å². The molecule has 0 radical (unpaired) electrons. The van der Waals surface area contributed by atoms with Crippen LogP contribution in [0, 0.1) is 19.8 Å². The zero-order chi connectivity index (χ0) is 11.4. The molecule has 0 aliphatic carbocycles. The van der Waals surface area contributed by atoms with Crippen molar-refractivity contribution in [1.29, 1.82) is 0 Å². The van der Waals surface area contributed by atoms with Crippen molar-refractivity contribution in [3.63, 3.8) is 0 Å². The average molecular weight is 205 g/mol. The van der Waals surface area contributed by atoms with Crippen molar-refractivity contribution in [2.45, 2.75) is 46.6 Å². The van der Waals surface area contributed by atoms with Crippen LogP contribution in [0.2, 0.25) is 0 Å². The Labute approximate surface area is 93.7 Å². The van der Waals surface area contributed by atoms with Crippen LogP contribution in [0.1, 0.15) is 49.4 Å². The van der Waals surface area contributed by atoms with Gasteiger partial charge in [0.25, 0.3) is 0 Å². The van der Waals surface area contributed by atoms with Gasteiger partial charge in [-0.2, -0.15) is 0 Å². The van der Waals surface area contributed by atoms with Gasteiger partial charge in [-0.3, -0.25) is 0 Å². The molecule has 0 spiro atoms. The quantitative estimate of drug-likeness (QED) is 0.796. The van der Waals surface area contributed by atoms with E-state index in [0.717, 1.165) is 0 Å². The Hall–Kier alpha value is -0.820. The Morgan fingerprint density at radius 2 is 1.93 bits per heavy atom. The molecule has 0 aliphatic heterocycles. The zero-order valence-electron chi connectivity index (χ0n) is 10.4. The molecule has 0 saturated heterocycles. The number of hydrogen-bond donors (Lipinski definition) is 1. The predicted molar refractivity (Wildman–Crippen MR) is 66.9 cm³/mol. The largest absolute Gasteiger partial charge is 0.324 e. The normalized spacial score (nSPS) is 15.0. The lowest BCUT2D eigenvalue weighted by Crippen LogP contribution is -2.20. The van der Waals surface area contributed by atoms with Gasteiger partial charge in [-0.05, 0) is 42.9 Å². The maximum absolute atomic E-state index is 6.29. The first-order chi connectivity index (χ1) is 7.07. The van der Waals surface area contributed by atoms with Crippen LogP contribution in [0.3, 0.4) is 0 Å². The zero-order valence-corrected chi connectivity index (χ0v) is 10.4. The van der Waals surface area contributed by atoms with E-state index < -0.39 is 0 Å². The molecule has 1 rings (SSSR count). The first-order valence-electron chi connectivity index (χ1n) is 5.89. The molecule has 0 saturated carbocycles. The van der Waals surface area contributed by atoms with Crippen molar-refractivity contribution >= 4 is 0 Å². The molecule has 0 aromatic heterocycles. The Morgan fingerprint density at radius 1 is 1.27 bits per heavy atom. The Balaban J connectivity index is 2.90. The number of rotatable bonds is 4. The molecule has 84 valence electrons. The minimum Gasteiger partial charge on any atom is -0.324 e. The summed E-state index contributed by atoms with van der Waals surface area (Å²) in [6, 6.07) is 6.61. The van der Waals surface area contributed by atoms with Crippen LogP contribution >= 0.6 is 0 Å². The summed E-state index contributed by atoms with van der Waals surface area (Å²) >= 11 is 0. The van der Waals surface area contributed by atoms with E-state index in [1.54, 1.807) is 0 Å². The summed E-state index contributed by atoms with van der Waals surface area (Å²) in [5.74, 6) is 0.565. The van der Waals surface area contributed by atoms with Gasteiger partial charge in [0, 0.05) is 6.04 Å². The molecule has 2 N–H and O–H groups in total. The minimum absolute atomic E-state index is 0.185. The minimum atomic E-state index is 0.185. The van der Waals surface area contributed by atoms with E-state index in [0.29, 0.717) is 5.92 Å². The molecule has 2 unspecified atom stereocenters. The molecule has 1 heteroatoms. The third-order valence-electron chi connectivity index (χ3n) is 3.36. The third kappa shape index (κ3) is 2.82. The Bertz CT molecular complexity index is 317. The van der Waals surface area contributed by atoms with Gasteiger partial charge in [0.1, 0.15) is 0 Å². The molecular weight excluding hydrogens is 182 g/mol. The summed E-state index contributed by atoms with van der Waals surface area (Å²) in [6.07, 6.45) is 2.41. The lowest BCUT2D eigenvalue weighted by Gasteiger charge is -2.22. The first-order valence-corrected chi connectivity index (χ1v) is 5.89. The van der Waals surface area contributed by atoms with E-state index in [1.807, 2.05) is 0 Å². The smallest absolute Gasteiger partial charge is 0.0323 e. The van der Waals surface area contributed by atoms with Gasteiger partial charge in [-0.25, -0.2) is 0 Å². The molecule has 1 nitrogen and oxygen atoms in total. The van der Waals surface area contributed by atoms with Gasteiger partial charge in [0.2, 0.25) is 0 Å². The Morgan fingerprint density at radius 3 is 2.53 bits per heavy atom. The fraction of sp³-hybridized carbons (Fsp3) is 0.571. The standard InChI is InChI=1S/C14H23N/c1-5-7-11(3)14(15)13-9-6-8-10(2)12(13)4/h6,8-9,11,14H,5,7,15H2,1-4H3. The fourth-order valence-corrected chi connectivity index (χ4v) is 2.08. The van der Waals surface area contributed by atoms with E-state index >= 15 is 0 Å². The van der Waals surface area contributed by atoms with Gasteiger partial charge in [0.15, 0.2) is 0 Å². The van der Waals surface area contributed by atoms with Gasteiger partial charge >= 0.3 is 0 Å². The van der Waals surface area contributed by atoms with Crippen molar-refractivity contribution < 1.29 is 0 Å². The van der Waals surface area contributed by atoms with E-state index in [4.69, 9.17) is 5.73 Å². The Kier molecular flexibility index (Phi) is 4.34. The monoisotopic (exact) mass is 205 g/mol. The molecule has 0 amide bonds. The van der Waals surface area contributed by atoms with E-state index in [-0.39, 0.29) is 6.04 Å². The maximum Gasteiger partial charge on any atom is 0.0323 e. The summed E-state index contributed by atoms with van der Waals surface area (Å²) in [5, 5.41) is 0. The van der Waals surface area contributed by atoms with Gasteiger partial charge in [-0.1, -0.05) is 38.5 Å². The second-order valence-electron chi connectivity index (χ2n) is 4.58. The number of hydrogen-bond acceptors (Lipinski definition) is 1. The SMILES string of the molecule is CCCC(C)C(N)c1cccc(C)c1C. The molecule has 1 aromatic carbocycles. The van der Waals surface area contributed by atoms with Crippen molar-refractivity contribution in [3.05, 3.63) is 34.9 Å². The highest BCUT2D eigenvalue weighted by Gasteiger charge is 2.16. The highest BCUT2D eigenvalue weighted by atomic mass is 14.6. The van der Waals surface area contributed by atoms with Crippen molar-refractivity contribution in [2.24, 2.45) is 11.7 Å². The lowest BCUT2D eigenvalue weighted by atomic mass is 9.88. The van der Waals surface area contributed by atoms with Crippen molar-refractivity contribution in [2.75, 3.05) is 0 Å². The molecule has 0 heterocycles. The first kappa shape index (κ1) is 12.3. The highest BCUT2D eigenvalue weighted by Crippen LogP contribution is 2.26. The summed E-state index contributed by atoms with van der Waals surface area (Å²) in [4.78, 5) is 0. The van der Waals surface area contributed by atoms with Crippen LogP contribution in [0.5, 0.6) is 0 Å². The molecule has 2 atom stereocenters. The van der Waals surface area contributed by atoms with Crippen LogP contribution in [0.25, 0.3) is 0 Å². The van der Waals surface area contributed by atoms with Crippen molar-refractivity contribution in [3.8, 4) is 0 Å². The number of nitrogens with two attached hydrogens (primary N) is 1. The van der Waals surface area contributed by atoms with Gasteiger partial charge in [0.05, 0.1) is 0 Å². The highest BCUT2D eigenvalue weighted by molar-refractivity contribution is 5.35. The average Bonchev–Trinajstić information content (AvgIpc) is 2.21. The van der Waals surface area contributed by atoms with E-state index in [1.165, 1.54) is 29.5 Å². The summed E-state index contributed by atoms with van der Waals surface area (Å²) in [6.45, 7) is 8.78. The van der Waals surface area contributed by atoms with E-state index in [9.17, 15) is 0 Å². The number of benzene rings is 1. The van der Waals surface area contributed by atoms with Crippen LogP contribution in [-0.2, 0) is 0 Å². The van der Waals surface area contributed by atoms with E-state index in [2.05, 4.69) is 45.9 Å². The summed E-state index contributed by atoms with van der Waals surface area (Å²) in [5.41, 5.74) is 10.3. The molecule has 0 aliphatic rings. The van der Waals surface area contributed by atoms with Crippen LogP contribution < -0.4 is 5.73 Å². The molecule has 0 fully saturated rings. The molecule has 1 aromatic rings. The molecular formula is C14H23N. The maximum atomic E-state index is 6.29. The topological polar surface area (TPSA) is 26.0 Å². The second-order valence-corrected chi connectivity index (χ2v) is 4.58. The summed E-state index contributed by atoms with van der Waals surface area (Å²) < 4.78 is 0. The van der Waals surface area contributed by atoms with Crippen LogP contribution in [0.4, 0.5) is 0 Å². The van der Waals surface area contributed by atoms with Gasteiger partial charge < -0.3 is 5.73 Å². The number of aryl methyl sites for hydroxylation is 1. The fourth-order valence-electron chi connectivity index (χ4n) is 2.08. The third-order valence-corrected chi connectivity index (χ3v) is 3.36. The second kappa shape index (κ2) is 5.32. The predicted octanol–water partition coefficient (Wildman–Crippen LogP) is 3.74. The van der Waals surface area contributed by atoms with Crippen LogP contribution in [0.15, 0.2) is 18.2 Å².